The summed E-state index contributed by atoms with van der Waals surface area (Å²) in [7, 11) is 0. The highest BCUT2D eigenvalue weighted by atomic mass is 16.5. The van der Waals surface area contributed by atoms with Crippen LogP contribution in [0.2, 0.25) is 0 Å². The van der Waals surface area contributed by atoms with Crippen molar-refractivity contribution in [2.75, 3.05) is 33.0 Å². The van der Waals surface area contributed by atoms with Gasteiger partial charge in [-0.2, -0.15) is 0 Å². The fourth-order valence-electron chi connectivity index (χ4n) is 1.67. The second-order valence-corrected chi connectivity index (χ2v) is 7.11. The summed E-state index contributed by atoms with van der Waals surface area (Å²) in [6.07, 6.45) is 1.44. The molecular weight excluding hydrogens is 296 g/mol. The summed E-state index contributed by atoms with van der Waals surface area (Å²) >= 11 is 0. The summed E-state index contributed by atoms with van der Waals surface area (Å²) in [6, 6.07) is 0.101. The maximum absolute atomic E-state index is 11.5. The van der Waals surface area contributed by atoms with Crippen LogP contribution < -0.4 is 10.6 Å². The average molecular weight is 330 g/mol. The zero-order chi connectivity index (χ0) is 17.7. The summed E-state index contributed by atoms with van der Waals surface area (Å²) in [5.41, 5.74) is 0.289. The highest BCUT2D eigenvalue weighted by Gasteiger charge is 2.09. The van der Waals surface area contributed by atoms with Gasteiger partial charge in [-0.3, -0.25) is 9.59 Å². The van der Waals surface area contributed by atoms with Gasteiger partial charge in [0.15, 0.2) is 0 Å². The summed E-state index contributed by atoms with van der Waals surface area (Å²) in [6.45, 7) is 13.1. The van der Waals surface area contributed by atoms with E-state index < -0.39 is 0 Å². The Kier molecular flexibility index (Phi) is 11.7. The molecule has 0 aliphatic carbocycles. The highest BCUT2D eigenvalue weighted by Crippen LogP contribution is 2.17. The van der Waals surface area contributed by atoms with E-state index in [-0.39, 0.29) is 36.1 Å². The Hall–Kier alpha value is -1.14. The smallest absolute Gasteiger partial charge is 0.220 e. The molecule has 0 aliphatic heterocycles. The number of hydrogen-bond acceptors (Lipinski definition) is 4. The fourth-order valence-corrected chi connectivity index (χ4v) is 1.67. The van der Waals surface area contributed by atoms with Crippen molar-refractivity contribution in [3.8, 4) is 0 Å². The largest absolute Gasteiger partial charge is 0.379 e. The Bertz CT molecular complexity index is 338. The van der Waals surface area contributed by atoms with Gasteiger partial charge in [-0.15, -0.1) is 0 Å². The lowest BCUT2D eigenvalue weighted by atomic mass is 9.93. The standard InChI is InChI=1S/C17H34N2O4/c1-14(2)19-16(21)7-6-15(20)18-9-11-23-13-12-22-10-8-17(3,4)5/h14H,6-13H2,1-5H3,(H,18,20)(H,19,21). The van der Waals surface area contributed by atoms with Gasteiger partial charge in [-0.05, 0) is 25.7 Å². The van der Waals surface area contributed by atoms with Gasteiger partial charge in [0, 0.05) is 32.0 Å². The maximum atomic E-state index is 11.5. The SMILES string of the molecule is CC(C)NC(=O)CCC(=O)NCCOCCOCCC(C)(C)C. The molecule has 0 radical (unpaired) electrons. The molecule has 136 valence electrons. The number of carbonyl (C=O) groups excluding carboxylic acids is 2. The Morgan fingerprint density at radius 3 is 2.04 bits per heavy atom. The molecule has 0 unspecified atom stereocenters. The molecule has 0 aromatic carbocycles. The average Bonchev–Trinajstić information content (AvgIpc) is 2.41. The van der Waals surface area contributed by atoms with Crippen molar-refractivity contribution >= 4 is 11.8 Å². The molecule has 0 aromatic heterocycles. The van der Waals surface area contributed by atoms with Crippen molar-refractivity contribution in [1.29, 1.82) is 0 Å². The van der Waals surface area contributed by atoms with Crippen LogP contribution in [-0.4, -0.2) is 50.8 Å². The Morgan fingerprint density at radius 1 is 0.913 bits per heavy atom. The minimum Gasteiger partial charge on any atom is -0.379 e. The lowest BCUT2D eigenvalue weighted by molar-refractivity contribution is -0.126. The van der Waals surface area contributed by atoms with Gasteiger partial charge in [-0.25, -0.2) is 0 Å². The summed E-state index contributed by atoms with van der Waals surface area (Å²) in [5.74, 6) is -0.229. The van der Waals surface area contributed by atoms with Gasteiger partial charge in [0.25, 0.3) is 0 Å². The van der Waals surface area contributed by atoms with Crippen LogP contribution in [0.5, 0.6) is 0 Å². The van der Waals surface area contributed by atoms with E-state index in [0.717, 1.165) is 13.0 Å². The first-order valence-corrected chi connectivity index (χ1v) is 8.42. The molecule has 0 heterocycles. The maximum Gasteiger partial charge on any atom is 0.220 e. The molecule has 6 nitrogen and oxygen atoms in total. The van der Waals surface area contributed by atoms with Crippen LogP contribution in [0, 0.1) is 5.41 Å². The van der Waals surface area contributed by atoms with Gasteiger partial charge in [0.2, 0.25) is 11.8 Å². The molecule has 0 fully saturated rings. The van der Waals surface area contributed by atoms with E-state index >= 15 is 0 Å². The molecule has 23 heavy (non-hydrogen) atoms. The minimum absolute atomic E-state index is 0.0983. The first-order chi connectivity index (χ1) is 10.7. The number of rotatable bonds is 12. The van der Waals surface area contributed by atoms with Crippen molar-refractivity contribution in [2.45, 2.75) is 59.9 Å². The molecule has 0 spiro atoms. The molecule has 2 N–H and O–H groups in total. The van der Waals surface area contributed by atoms with Gasteiger partial charge in [0.1, 0.15) is 0 Å². The molecule has 0 saturated carbocycles. The first-order valence-electron chi connectivity index (χ1n) is 8.42. The number of nitrogens with one attached hydrogen (secondary N) is 2. The van der Waals surface area contributed by atoms with E-state index in [1.807, 2.05) is 13.8 Å². The number of carbonyl (C=O) groups is 2. The van der Waals surface area contributed by atoms with Crippen molar-refractivity contribution < 1.29 is 19.1 Å². The van der Waals surface area contributed by atoms with Crippen molar-refractivity contribution in [3.05, 3.63) is 0 Å². The van der Waals surface area contributed by atoms with Gasteiger partial charge < -0.3 is 20.1 Å². The van der Waals surface area contributed by atoms with Crippen LogP contribution in [0.3, 0.4) is 0 Å². The van der Waals surface area contributed by atoms with E-state index in [1.54, 1.807) is 0 Å². The quantitative estimate of drug-likeness (QED) is 0.536. The van der Waals surface area contributed by atoms with E-state index in [4.69, 9.17) is 9.47 Å². The lowest BCUT2D eigenvalue weighted by Crippen LogP contribution is -2.32. The van der Waals surface area contributed by atoms with E-state index in [0.29, 0.717) is 26.4 Å². The Labute approximate surface area is 140 Å². The summed E-state index contributed by atoms with van der Waals surface area (Å²) in [4.78, 5) is 22.9. The molecular formula is C17H34N2O4. The Morgan fingerprint density at radius 2 is 1.48 bits per heavy atom. The van der Waals surface area contributed by atoms with Crippen LogP contribution >= 0.6 is 0 Å². The van der Waals surface area contributed by atoms with Crippen LogP contribution in [-0.2, 0) is 19.1 Å². The van der Waals surface area contributed by atoms with E-state index in [9.17, 15) is 9.59 Å². The van der Waals surface area contributed by atoms with Crippen LogP contribution in [0.15, 0.2) is 0 Å². The van der Waals surface area contributed by atoms with E-state index in [1.165, 1.54) is 0 Å². The summed E-state index contributed by atoms with van der Waals surface area (Å²) < 4.78 is 10.9. The summed E-state index contributed by atoms with van der Waals surface area (Å²) in [5, 5.41) is 5.48. The third-order valence-electron chi connectivity index (χ3n) is 2.97. The molecule has 0 bridgehead atoms. The predicted molar refractivity (Wildman–Crippen MR) is 91.2 cm³/mol. The monoisotopic (exact) mass is 330 g/mol. The molecule has 0 aliphatic rings. The Balaban J connectivity index is 3.38. The second-order valence-electron chi connectivity index (χ2n) is 7.11. The third kappa shape index (κ3) is 17.1. The van der Waals surface area contributed by atoms with Crippen molar-refractivity contribution in [3.63, 3.8) is 0 Å². The predicted octanol–water partition coefficient (Wildman–Crippen LogP) is 1.88. The van der Waals surface area contributed by atoms with Gasteiger partial charge >= 0.3 is 0 Å². The number of hydrogen-bond donors (Lipinski definition) is 2. The minimum atomic E-state index is -0.131. The van der Waals surface area contributed by atoms with Crippen LogP contribution in [0.25, 0.3) is 0 Å². The molecule has 0 saturated heterocycles. The molecule has 0 rings (SSSR count). The number of ether oxygens (including phenoxy) is 2. The normalized spacial score (nSPS) is 11.6. The van der Waals surface area contributed by atoms with Crippen molar-refractivity contribution in [1.82, 2.24) is 10.6 Å². The topological polar surface area (TPSA) is 76.7 Å². The molecule has 0 aromatic rings. The number of amides is 2. The van der Waals surface area contributed by atoms with Crippen LogP contribution in [0.1, 0.15) is 53.9 Å². The second kappa shape index (κ2) is 12.3. The zero-order valence-electron chi connectivity index (χ0n) is 15.4. The first kappa shape index (κ1) is 21.9. The lowest BCUT2D eigenvalue weighted by Gasteiger charge is -2.17. The fraction of sp³-hybridized carbons (Fsp3) is 0.882. The third-order valence-corrected chi connectivity index (χ3v) is 2.97. The van der Waals surface area contributed by atoms with Crippen molar-refractivity contribution in [2.24, 2.45) is 5.41 Å². The molecule has 0 atom stereocenters. The van der Waals surface area contributed by atoms with Crippen LogP contribution in [0.4, 0.5) is 0 Å². The molecule has 6 heteroatoms. The molecule has 2 amide bonds. The van der Waals surface area contributed by atoms with E-state index in [2.05, 4.69) is 31.4 Å². The highest BCUT2D eigenvalue weighted by molar-refractivity contribution is 5.83. The van der Waals surface area contributed by atoms with Gasteiger partial charge in [0.05, 0.1) is 19.8 Å². The zero-order valence-corrected chi connectivity index (χ0v) is 15.4. The van der Waals surface area contributed by atoms with Gasteiger partial charge in [-0.1, -0.05) is 20.8 Å².